The number of carbonyl (C=O) groups excluding carboxylic acids is 3. The Bertz CT molecular complexity index is 1320. The van der Waals surface area contributed by atoms with Gasteiger partial charge >= 0.3 is 17.5 Å². The molecule has 9 nitrogen and oxygen atoms in total. The molecule has 1 unspecified atom stereocenters. The number of amides is 2. The van der Waals surface area contributed by atoms with Gasteiger partial charge in [-0.1, -0.05) is 11.6 Å². The quantitative estimate of drug-likeness (QED) is 0.218. The van der Waals surface area contributed by atoms with Gasteiger partial charge in [-0.25, -0.2) is 9.78 Å². The fourth-order valence-electron chi connectivity index (χ4n) is 3.63. The number of anilines is 2. The number of alkyl halides is 3. The number of benzene rings is 1. The Morgan fingerprint density at radius 2 is 1.90 bits per heavy atom. The van der Waals surface area contributed by atoms with E-state index in [1.807, 2.05) is 0 Å². The summed E-state index contributed by atoms with van der Waals surface area (Å²) in [5.74, 6) is -0.739. The van der Waals surface area contributed by atoms with E-state index in [4.69, 9.17) is 16.3 Å². The first-order valence-corrected chi connectivity index (χ1v) is 12.5. The lowest BCUT2D eigenvalue weighted by molar-refractivity contribution is -0.148. The van der Waals surface area contributed by atoms with Crippen LogP contribution in [0, 0.1) is 0 Å². The molecule has 2 heterocycles. The molecule has 0 aliphatic rings. The largest absolute Gasteiger partial charge is 0.465 e. The van der Waals surface area contributed by atoms with E-state index in [-0.39, 0.29) is 65.9 Å². The molecule has 0 aliphatic heterocycles. The number of esters is 1. The first-order valence-electron chi connectivity index (χ1n) is 11.3. The second kappa shape index (κ2) is 13.9. The number of rotatable bonds is 9. The molecule has 2 aromatic heterocycles. The number of urea groups is 1. The zero-order valence-electron chi connectivity index (χ0n) is 21.0. The number of carbonyl (C=O) groups is 3. The highest BCUT2D eigenvalue weighted by Gasteiger charge is 2.30. The third kappa shape index (κ3) is 9.02. The Balaban J connectivity index is 0.00000533. The minimum Gasteiger partial charge on any atom is -0.465 e. The number of pyridine rings is 1. The lowest BCUT2D eigenvalue weighted by Gasteiger charge is -2.22. The lowest BCUT2D eigenvalue weighted by Crippen LogP contribution is -2.37. The van der Waals surface area contributed by atoms with Crippen molar-refractivity contribution in [3.63, 3.8) is 0 Å². The van der Waals surface area contributed by atoms with Crippen LogP contribution in [0.3, 0.4) is 0 Å². The van der Waals surface area contributed by atoms with Crippen LogP contribution >= 0.6 is 35.8 Å². The summed E-state index contributed by atoms with van der Waals surface area (Å²) in [5.41, 5.74) is -3.54. The van der Waals surface area contributed by atoms with Gasteiger partial charge in [-0.15, -0.1) is 12.4 Å². The van der Waals surface area contributed by atoms with Crippen molar-refractivity contribution in [3.8, 4) is 0 Å². The van der Waals surface area contributed by atoms with E-state index in [9.17, 15) is 27.6 Å². The van der Waals surface area contributed by atoms with Crippen LogP contribution in [0.2, 0.25) is 5.02 Å². The minimum atomic E-state index is -4.47. The number of fused-ring (bicyclic) bond motifs is 1. The molecule has 0 saturated heterocycles. The van der Waals surface area contributed by atoms with Gasteiger partial charge in [-0.05, 0) is 57.8 Å². The summed E-state index contributed by atoms with van der Waals surface area (Å²) in [6.07, 6.45) is 2.78. The van der Waals surface area contributed by atoms with Crippen molar-refractivity contribution in [2.45, 2.75) is 36.3 Å². The van der Waals surface area contributed by atoms with Gasteiger partial charge in [0.05, 0.1) is 29.7 Å². The molecular formula is C24H26Cl2F3N5O4S. The summed E-state index contributed by atoms with van der Waals surface area (Å²) in [6.45, 7) is 1.93. The zero-order valence-corrected chi connectivity index (χ0v) is 23.4. The molecule has 0 fully saturated rings. The molecule has 39 heavy (non-hydrogen) atoms. The SMILES string of the molecule is CCOC(=O)C(CCC(=O)n1cc(NC(=O)Nc2ccc(SC(F)(F)F)nc2)c2cc(Cl)ccc21)N(C)C.Cl. The van der Waals surface area contributed by atoms with E-state index in [1.165, 1.54) is 16.8 Å². The fraction of sp³-hybridized carbons (Fsp3) is 0.333. The standard InChI is InChI=1S/C24H25ClF3N5O4S.ClH/c1-4-37-22(35)19(32(2)3)8-10-21(34)33-13-17(16-11-14(25)5-7-18(16)33)31-23(36)30-15-6-9-20(29-12-15)38-24(26,27)28;/h5-7,9,11-13,19H,4,8,10H2,1-3H3,(H2,30,31,36);1H. The number of halogens is 5. The van der Waals surface area contributed by atoms with Gasteiger partial charge in [0.15, 0.2) is 0 Å². The number of aromatic nitrogens is 2. The number of thioether (sulfide) groups is 1. The molecular weight excluding hydrogens is 582 g/mol. The van der Waals surface area contributed by atoms with Crippen molar-refractivity contribution >= 4 is 76.0 Å². The molecule has 1 atom stereocenters. The molecule has 212 valence electrons. The summed E-state index contributed by atoms with van der Waals surface area (Å²) in [4.78, 5) is 43.3. The second-order valence-electron chi connectivity index (χ2n) is 8.25. The fourth-order valence-corrected chi connectivity index (χ4v) is 4.28. The monoisotopic (exact) mass is 607 g/mol. The highest BCUT2D eigenvalue weighted by Crippen LogP contribution is 2.36. The molecule has 2 amide bonds. The molecule has 0 bridgehead atoms. The van der Waals surface area contributed by atoms with Crippen molar-refractivity contribution < 1.29 is 32.3 Å². The Morgan fingerprint density at radius 3 is 2.49 bits per heavy atom. The van der Waals surface area contributed by atoms with Crippen LogP contribution in [0.1, 0.15) is 24.6 Å². The first kappa shape index (κ1) is 32.2. The van der Waals surface area contributed by atoms with E-state index >= 15 is 0 Å². The van der Waals surface area contributed by atoms with Crippen LogP contribution in [0.5, 0.6) is 0 Å². The molecule has 0 radical (unpaired) electrons. The van der Waals surface area contributed by atoms with Gasteiger partial charge in [0.2, 0.25) is 5.91 Å². The number of nitrogens with zero attached hydrogens (tertiary/aromatic N) is 3. The highest BCUT2D eigenvalue weighted by molar-refractivity contribution is 8.00. The number of nitrogens with one attached hydrogen (secondary N) is 2. The van der Waals surface area contributed by atoms with E-state index in [1.54, 1.807) is 44.1 Å². The molecule has 0 saturated carbocycles. The maximum atomic E-state index is 13.1. The molecule has 0 aliphatic carbocycles. The van der Waals surface area contributed by atoms with Crippen molar-refractivity contribution in [2.24, 2.45) is 0 Å². The van der Waals surface area contributed by atoms with Crippen LogP contribution in [-0.4, -0.2) is 64.6 Å². The predicted molar refractivity (Wildman–Crippen MR) is 147 cm³/mol. The van der Waals surface area contributed by atoms with Gasteiger partial charge in [-0.2, -0.15) is 13.2 Å². The topological polar surface area (TPSA) is 106 Å². The first-order chi connectivity index (χ1) is 17.9. The highest BCUT2D eigenvalue weighted by atomic mass is 35.5. The molecule has 2 N–H and O–H groups in total. The maximum absolute atomic E-state index is 13.1. The summed E-state index contributed by atoms with van der Waals surface area (Å²) < 4.78 is 43.9. The van der Waals surface area contributed by atoms with Crippen molar-refractivity contribution in [3.05, 3.63) is 47.7 Å². The Kier molecular flexibility index (Phi) is 11.5. The minimum absolute atomic E-state index is 0. The molecule has 3 aromatic rings. The number of hydrogen-bond donors (Lipinski definition) is 2. The number of likely N-dealkylation sites (N-methyl/N-ethyl adjacent to an activating group) is 1. The summed E-state index contributed by atoms with van der Waals surface area (Å²) in [7, 11) is 3.44. The Morgan fingerprint density at radius 1 is 1.18 bits per heavy atom. The van der Waals surface area contributed by atoms with Crippen molar-refractivity contribution in [1.82, 2.24) is 14.5 Å². The van der Waals surface area contributed by atoms with Crippen LogP contribution in [0.15, 0.2) is 47.8 Å². The van der Waals surface area contributed by atoms with E-state index in [0.717, 1.165) is 12.3 Å². The molecule has 3 rings (SSSR count). The smallest absolute Gasteiger partial charge is 0.447 e. The third-order valence-corrected chi connectivity index (χ3v) is 6.23. The number of hydrogen-bond acceptors (Lipinski definition) is 7. The van der Waals surface area contributed by atoms with Gasteiger partial charge in [0.25, 0.3) is 0 Å². The van der Waals surface area contributed by atoms with Crippen molar-refractivity contribution in [2.75, 3.05) is 31.3 Å². The van der Waals surface area contributed by atoms with E-state index in [2.05, 4.69) is 15.6 Å². The Hall–Kier alpha value is -3.00. The maximum Gasteiger partial charge on any atom is 0.447 e. The average molecular weight is 608 g/mol. The van der Waals surface area contributed by atoms with Crippen LogP contribution < -0.4 is 10.6 Å². The molecule has 0 spiro atoms. The van der Waals surface area contributed by atoms with Crippen LogP contribution in [-0.2, 0) is 9.53 Å². The van der Waals surface area contributed by atoms with Crippen molar-refractivity contribution in [1.29, 1.82) is 0 Å². The molecule has 1 aromatic carbocycles. The van der Waals surface area contributed by atoms with Gasteiger partial charge in [-0.3, -0.25) is 19.1 Å². The third-order valence-electron chi connectivity index (χ3n) is 5.31. The summed E-state index contributed by atoms with van der Waals surface area (Å²) in [6, 6.07) is 5.93. The normalized spacial score (nSPS) is 12.1. The zero-order chi connectivity index (χ0) is 28.0. The average Bonchev–Trinajstić information content (AvgIpc) is 3.16. The van der Waals surface area contributed by atoms with E-state index < -0.39 is 23.6 Å². The van der Waals surface area contributed by atoms with Gasteiger partial charge in [0.1, 0.15) is 11.1 Å². The van der Waals surface area contributed by atoms with Gasteiger partial charge < -0.3 is 15.4 Å². The van der Waals surface area contributed by atoms with E-state index in [0.29, 0.717) is 15.9 Å². The predicted octanol–water partition coefficient (Wildman–Crippen LogP) is 6.28. The van der Waals surface area contributed by atoms with Crippen LogP contribution in [0.4, 0.5) is 29.3 Å². The lowest BCUT2D eigenvalue weighted by atomic mass is 10.1. The number of ether oxygens (including phenoxy) is 1. The summed E-state index contributed by atoms with van der Waals surface area (Å²) >= 11 is 5.77. The van der Waals surface area contributed by atoms with Crippen LogP contribution in [0.25, 0.3) is 10.9 Å². The van der Waals surface area contributed by atoms with Gasteiger partial charge in [0, 0.05) is 34.8 Å². The molecule has 15 heteroatoms. The summed E-state index contributed by atoms with van der Waals surface area (Å²) in [5, 5.41) is 5.72. The second-order valence-corrected chi connectivity index (χ2v) is 9.77. The Labute approximate surface area is 237 Å².